The number of hydrogen-bond donors (Lipinski definition) is 0. The van der Waals surface area contributed by atoms with Gasteiger partial charge in [0.25, 0.3) is 0 Å². The first-order valence-electron chi connectivity index (χ1n) is 4.84. The summed E-state index contributed by atoms with van der Waals surface area (Å²) in [5.41, 5.74) is 1.34. The fraction of sp³-hybridized carbons (Fsp3) is 0.417. The maximum Gasteiger partial charge on any atom is 0.0297 e. The van der Waals surface area contributed by atoms with E-state index < -0.39 is 0 Å². The van der Waals surface area contributed by atoms with Gasteiger partial charge >= 0.3 is 0 Å². The van der Waals surface area contributed by atoms with Crippen LogP contribution in [0.2, 0.25) is 0 Å². The van der Waals surface area contributed by atoms with Crippen LogP contribution >= 0.6 is 11.8 Å². The quantitative estimate of drug-likeness (QED) is 0.635. The Hall–Kier alpha value is -0.430. The maximum atomic E-state index is 4.14. The van der Waals surface area contributed by atoms with Crippen LogP contribution in [-0.4, -0.2) is 5.75 Å². The number of benzene rings is 1. The van der Waals surface area contributed by atoms with Crippen LogP contribution < -0.4 is 0 Å². The van der Waals surface area contributed by atoms with Gasteiger partial charge in [-0.05, 0) is 24.7 Å². The maximum absolute atomic E-state index is 4.14. The van der Waals surface area contributed by atoms with E-state index in [-0.39, 0.29) is 0 Å². The first-order valence-corrected chi connectivity index (χ1v) is 5.89. The summed E-state index contributed by atoms with van der Waals surface area (Å²) in [6.07, 6.45) is 2.57. The Labute approximate surface area is 85.7 Å². The topological polar surface area (TPSA) is 0 Å². The van der Waals surface area contributed by atoms with E-state index in [2.05, 4.69) is 38.1 Å². The Kier molecular flexibility index (Phi) is 4.99. The lowest BCUT2D eigenvalue weighted by atomic mass is 10.2. The van der Waals surface area contributed by atoms with E-state index in [4.69, 9.17) is 0 Å². The molecule has 1 unspecified atom stereocenters. The second-order valence-electron chi connectivity index (χ2n) is 3.12. The molecule has 13 heavy (non-hydrogen) atoms. The largest absolute Gasteiger partial charge is 0.154 e. The zero-order valence-electron chi connectivity index (χ0n) is 8.20. The highest BCUT2D eigenvalue weighted by molar-refractivity contribution is 7.99. The third kappa shape index (κ3) is 3.86. The molecule has 71 valence electrons. The van der Waals surface area contributed by atoms with Gasteiger partial charge in [-0.15, -0.1) is 0 Å². The number of rotatable bonds is 5. The summed E-state index contributed by atoms with van der Waals surface area (Å²) in [5.74, 6) is 1.22. The average Bonchev–Trinajstić information content (AvgIpc) is 2.19. The van der Waals surface area contributed by atoms with Gasteiger partial charge < -0.3 is 0 Å². The van der Waals surface area contributed by atoms with Crippen molar-refractivity contribution in [1.82, 2.24) is 0 Å². The summed E-state index contributed by atoms with van der Waals surface area (Å²) in [6, 6.07) is 10.5. The smallest absolute Gasteiger partial charge is 0.0297 e. The minimum absolute atomic E-state index is 0.396. The van der Waals surface area contributed by atoms with Gasteiger partial charge in [-0.1, -0.05) is 43.7 Å². The lowest BCUT2D eigenvalue weighted by Gasteiger charge is -2.10. The third-order valence-corrected chi connectivity index (χ3v) is 3.19. The number of thioether (sulfide) groups is 1. The Morgan fingerprint density at radius 1 is 1.31 bits per heavy atom. The van der Waals surface area contributed by atoms with E-state index in [9.17, 15) is 0 Å². The van der Waals surface area contributed by atoms with E-state index in [0.29, 0.717) is 5.25 Å². The van der Waals surface area contributed by atoms with E-state index in [1.807, 2.05) is 17.8 Å². The highest BCUT2D eigenvalue weighted by Crippen LogP contribution is 2.27. The molecule has 0 fully saturated rings. The van der Waals surface area contributed by atoms with Crippen LogP contribution in [0.3, 0.4) is 0 Å². The molecule has 0 bridgehead atoms. The molecule has 0 saturated carbocycles. The van der Waals surface area contributed by atoms with Crippen LogP contribution in [0.4, 0.5) is 0 Å². The van der Waals surface area contributed by atoms with Crippen molar-refractivity contribution in [2.45, 2.75) is 25.0 Å². The Morgan fingerprint density at radius 3 is 2.62 bits per heavy atom. The second kappa shape index (κ2) is 6.09. The van der Waals surface area contributed by atoms with Crippen LogP contribution in [0, 0.1) is 6.92 Å². The minimum Gasteiger partial charge on any atom is -0.154 e. The number of unbranched alkanes of at least 4 members (excludes halogenated alkanes) is 1. The van der Waals surface area contributed by atoms with Crippen LogP contribution in [0.5, 0.6) is 0 Å². The van der Waals surface area contributed by atoms with Crippen molar-refractivity contribution in [3.05, 3.63) is 42.8 Å². The molecule has 0 heterocycles. The Balaban J connectivity index is 2.35. The van der Waals surface area contributed by atoms with E-state index in [1.54, 1.807) is 0 Å². The van der Waals surface area contributed by atoms with Crippen molar-refractivity contribution < 1.29 is 0 Å². The molecule has 1 aromatic rings. The molecule has 1 radical (unpaired) electrons. The highest BCUT2D eigenvalue weighted by atomic mass is 32.2. The molecule has 1 rings (SSSR count). The Bertz CT molecular complexity index is 218. The zero-order chi connectivity index (χ0) is 9.52. The summed E-state index contributed by atoms with van der Waals surface area (Å²) in [7, 11) is 0. The highest BCUT2D eigenvalue weighted by Gasteiger charge is 2.03. The lowest BCUT2D eigenvalue weighted by molar-refractivity contribution is 0.894. The van der Waals surface area contributed by atoms with Gasteiger partial charge in [0, 0.05) is 5.25 Å². The fourth-order valence-electron chi connectivity index (χ4n) is 1.13. The molecular weight excluding hydrogens is 176 g/mol. The van der Waals surface area contributed by atoms with Gasteiger partial charge in [0.2, 0.25) is 0 Å². The normalized spacial score (nSPS) is 12.8. The van der Waals surface area contributed by atoms with E-state index >= 15 is 0 Å². The van der Waals surface area contributed by atoms with Crippen LogP contribution in [0.25, 0.3) is 0 Å². The monoisotopic (exact) mass is 193 g/mol. The molecule has 1 aromatic carbocycles. The van der Waals surface area contributed by atoms with E-state index in [0.717, 1.165) is 0 Å². The third-order valence-electron chi connectivity index (χ3n) is 1.99. The molecule has 1 heteroatoms. The van der Waals surface area contributed by atoms with Crippen LogP contribution in [-0.2, 0) is 0 Å². The fourth-order valence-corrected chi connectivity index (χ4v) is 2.22. The summed E-state index contributed by atoms with van der Waals surface area (Å²) < 4.78 is 0. The van der Waals surface area contributed by atoms with Crippen molar-refractivity contribution in [3.8, 4) is 0 Å². The number of hydrogen-bond acceptors (Lipinski definition) is 1. The van der Waals surface area contributed by atoms with Gasteiger partial charge in [0.15, 0.2) is 0 Å². The lowest BCUT2D eigenvalue weighted by Crippen LogP contribution is -1.89. The summed E-state index contributed by atoms with van der Waals surface area (Å²) in [4.78, 5) is 0. The molecule has 0 nitrogen and oxygen atoms in total. The van der Waals surface area contributed by atoms with Gasteiger partial charge in [0.05, 0.1) is 0 Å². The molecule has 0 spiro atoms. The van der Waals surface area contributed by atoms with E-state index in [1.165, 1.54) is 24.2 Å². The van der Waals surface area contributed by atoms with Gasteiger partial charge in [0.1, 0.15) is 0 Å². The molecule has 0 aromatic heterocycles. The Morgan fingerprint density at radius 2 is 2.00 bits per heavy atom. The summed E-state index contributed by atoms with van der Waals surface area (Å²) >= 11 is 1.94. The summed E-state index contributed by atoms with van der Waals surface area (Å²) in [6.45, 7) is 6.37. The molecule has 0 saturated heterocycles. The molecule has 0 aliphatic carbocycles. The van der Waals surface area contributed by atoms with Crippen molar-refractivity contribution in [3.63, 3.8) is 0 Å². The van der Waals surface area contributed by atoms with Crippen molar-refractivity contribution >= 4 is 11.8 Å². The molecule has 0 amide bonds. The second-order valence-corrected chi connectivity index (χ2v) is 4.43. The van der Waals surface area contributed by atoms with Crippen LogP contribution in [0.15, 0.2) is 30.3 Å². The van der Waals surface area contributed by atoms with Crippen molar-refractivity contribution in [1.29, 1.82) is 0 Å². The molecule has 0 aliphatic heterocycles. The SMILES string of the molecule is [CH2]C(SCCCC)c1ccccc1. The zero-order valence-corrected chi connectivity index (χ0v) is 9.02. The van der Waals surface area contributed by atoms with Crippen molar-refractivity contribution in [2.75, 3.05) is 5.75 Å². The van der Waals surface area contributed by atoms with Gasteiger partial charge in [-0.2, -0.15) is 11.8 Å². The standard InChI is InChI=1S/C12H17S/c1-3-4-10-13-11(2)12-8-6-5-7-9-12/h5-9,11H,2-4,10H2,1H3. The molecule has 0 aliphatic rings. The summed E-state index contributed by atoms with van der Waals surface area (Å²) in [5, 5.41) is 0.396. The van der Waals surface area contributed by atoms with Gasteiger partial charge in [-0.3, -0.25) is 0 Å². The first kappa shape index (κ1) is 10.6. The average molecular weight is 193 g/mol. The first-order chi connectivity index (χ1) is 6.34. The molecule has 1 atom stereocenters. The van der Waals surface area contributed by atoms with Gasteiger partial charge in [-0.25, -0.2) is 0 Å². The molecule has 0 N–H and O–H groups in total. The predicted molar refractivity (Wildman–Crippen MR) is 61.9 cm³/mol. The minimum atomic E-state index is 0.396. The van der Waals surface area contributed by atoms with Crippen LogP contribution in [0.1, 0.15) is 30.6 Å². The van der Waals surface area contributed by atoms with Crippen molar-refractivity contribution in [2.24, 2.45) is 0 Å². The molecular formula is C12H17S. The predicted octanol–water partition coefficient (Wildman–Crippen LogP) is 4.10.